The van der Waals surface area contributed by atoms with Gasteiger partial charge in [0.25, 0.3) is 0 Å². The van der Waals surface area contributed by atoms with Crippen LogP contribution in [0.25, 0.3) is 0 Å². The van der Waals surface area contributed by atoms with Crippen LogP contribution in [0.1, 0.15) is 42.9 Å². The molecule has 2 saturated heterocycles. The van der Waals surface area contributed by atoms with Gasteiger partial charge in [0, 0.05) is 49.8 Å². The van der Waals surface area contributed by atoms with Crippen molar-refractivity contribution in [2.24, 2.45) is 11.3 Å². The summed E-state index contributed by atoms with van der Waals surface area (Å²) in [6.07, 6.45) is -2.19. The number of ether oxygens (including phenoxy) is 1. The lowest BCUT2D eigenvalue weighted by atomic mass is 9.73. The van der Waals surface area contributed by atoms with E-state index in [2.05, 4.69) is 0 Å². The van der Waals surface area contributed by atoms with Gasteiger partial charge < -0.3 is 14.5 Å². The maximum absolute atomic E-state index is 13.8. The van der Waals surface area contributed by atoms with Crippen molar-refractivity contribution in [1.82, 2.24) is 4.90 Å². The van der Waals surface area contributed by atoms with Gasteiger partial charge in [-0.15, -0.1) is 0 Å². The standard InChI is InChI=1S/C28H30F3N3O2/c1-2-36-19-26-12-13-33(23-9-8-20(15-32)24(14-23)28(29,30)31)16-22(26)17-34(18-26)25(35)27(10-11-27)21-6-4-3-5-7-21/h3-9,14,22H,2,10-13,16-19H2,1H3/t22-,26+/m1/s1. The number of carbonyl (C=O) groups is 1. The zero-order valence-electron chi connectivity index (χ0n) is 20.4. The number of hydrogen-bond donors (Lipinski definition) is 0. The molecule has 1 saturated carbocycles. The van der Waals surface area contributed by atoms with Crippen LogP contribution in [0.4, 0.5) is 18.9 Å². The van der Waals surface area contributed by atoms with E-state index in [4.69, 9.17) is 10.00 Å². The number of halogens is 3. The second kappa shape index (κ2) is 9.11. The lowest BCUT2D eigenvalue weighted by molar-refractivity contribution is -0.137. The average molecular weight is 498 g/mol. The normalized spacial score (nSPS) is 24.8. The van der Waals surface area contributed by atoms with Gasteiger partial charge in [0.15, 0.2) is 0 Å². The number of carbonyl (C=O) groups excluding carboxylic acids is 1. The molecule has 3 fully saturated rings. The number of nitriles is 1. The van der Waals surface area contributed by atoms with Crippen molar-refractivity contribution in [1.29, 1.82) is 5.26 Å². The molecule has 0 N–H and O–H groups in total. The highest BCUT2D eigenvalue weighted by molar-refractivity contribution is 5.91. The Balaban J connectivity index is 1.39. The van der Waals surface area contributed by atoms with E-state index in [0.717, 1.165) is 30.9 Å². The van der Waals surface area contributed by atoms with Crippen molar-refractivity contribution < 1.29 is 22.7 Å². The molecule has 5 nitrogen and oxygen atoms in total. The summed E-state index contributed by atoms with van der Waals surface area (Å²) in [6.45, 7) is 5.34. The van der Waals surface area contributed by atoms with E-state index in [-0.39, 0.29) is 22.8 Å². The number of likely N-dealkylation sites (tertiary alicyclic amines) is 1. The Morgan fingerprint density at radius 2 is 1.89 bits per heavy atom. The van der Waals surface area contributed by atoms with Crippen LogP contribution in [-0.4, -0.2) is 50.2 Å². The topological polar surface area (TPSA) is 56.6 Å². The number of benzene rings is 2. The molecule has 1 aliphatic carbocycles. The predicted molar refractivity (Wildman–Crippen MR) is 129 cm³/mol. The van der Waals surface area contributed by atoms with Crippen molar-refractivity contribution in [3.8, 4) is 6.07 Å². The summed E-state index contributed by atoms with van der Waals surface area (Å²) in [4.78, 5) is 17.7. The summed E-state index contributed by atoms with van der Waals surface area (Å²) in [5, 5.41) is 9.14. The van der Waals surface area contributed by atoms with E-state index in [0.29, 0.717) is 45.1 Å². The van der Waals surface area contributed by atoms with Crippen molar-refractivity contribution in [2.75, 3.05) is 44.3 Å². The third kappa shape index (κ3) is 4.24. The van der Waals surface area contributed by atoms with Crippen LogP contribution in [0.5, 0.6) is 0 Å². The largest absolute Gasteiger partial charge is 0.417 e. The molecule has 2 aromatic carbocycles. The van der Waals surface area contributed by atoms with Gasteiger partial charge in [0.2, 0.25) is 5.91 Å². The number of fused-ring (bicyclic) bond motifs is 1. The minimum absolute atomic E-state index is 0.0818. The third-order valence-corrected chi connectivity index (χ3v) is 8.29. The minimum Gasteiger partial charge on any atom is -0.381 e. The molecule has 0 aromatic heterocycles. The maximum atomic E-state index is 13.8. The Morgan fingerprint density at radius 1 is 1.14 bits per heavy atom. The molecule has 2 atom stereocenters. The Bertz CT molecular complexity index is 1170. The number of piperidine rings is 1. The van der Waals surface area contributed by atoms with E-state index in [9.17, 15) is 18.0 Å². The van der Waals surface area contributed by atoms with Crippen molar-refractivity contribution >= 4 is 11.6 Å². The van der Waals surface area contributed by atoms with Crippen LogP contribution in [-0.2, 0) is 21.1 Å². The number of anilines is 1. The molecule has 0 bridgehead atoms. The van der Waals surface area contributed by atoms with Crippen LogP contribution in [0.3, 0.4) is 0 Å². The SMILES string of the molecule is CCOC[C@@]12CCN(c3ccc(C#N)c(C(F)(F)F)c3)C[C@@H]1CN(C(=O)C1(c3ccccc3)CC1)C2. The van der Waals surface area contributed by atoms with E-state index in [1.54, 1.807) is 12.1 Å². The summed E-state index contributed by atoms with van der Waals surface area (Å²) < 4.78 is 46.6. The first-order chi connectivity index (χ1) is 17.2. The molecule has 1 amide bonds. The molecule has 2 aliphatic heterocycles. The monoisotopic (exact) mass is 497 g/mol. The summed E-state index contributed by atoms with van der Waals surface area (Å²) in [5.41, 5.74) is -0.427. The predicted octanol–water partition coefficient (Wildman–Crippen LogP) is 5.00. The molecular weight excluding hydrogens is 467 g/mol. The smallest absolute Gasteiger partial charge is 0.381 e. The molecule has 0 spiro atoms. The van der Waals surface area contributed by atoms with Crippen molar-refractivity contribution in [2.45, 2.75) is 37.8 Å². The summed E-state index contributed by atoms with van der Waals surface area (Å²) in [7, 11) is 0. The minimum atomic E-state index is -4.60. The highest BCUT2D eigenvalue weighted by Gasteiger charge is 2.58. The lowest BCUT2D eigenvalue weighted by Crippen LogP contribution is -2.49. The summed E-state index contributed by atoms with van der Waals surface area (Å²) in [5.74, 6) is 0.238. The van der Waals surface area contributed by atoms with Crippen LogP contribution < -0.4 is 4.90 Å². The molecular formula is C28H30F3N3O2. The average Bonchev–Trinajstić information content (AvgIpc) is 3.61. The number of alkyl halides is 3. The van der Waals surface area contributed by atoms with Gasteiger partial charge in [-0.1, -0.05) is 30.3 Å². The van der Waals surface area contributed by atoms with Gasteiger partial charge in [-0.25, -0.2) is 0 Å². The molecule has 190 valence electrons. The highest BCUT2D eigenvalue weighted by atomic mass is 19.4. The first-order valence-corrected chi connectivity index (χ1v) is 12.5. The zero-order valence-corrected chi connectivity index (χ0v) is 20.4. The fourth-order valence-corrected chi connectivity index (χ4v) is 6.08. The zero-order chi connectivity index (χ0) is 25.6. The third-order valence-electron chi connectivity index (χ3n) is 8.29. The quantitative estimate of drug-likeness (QED) is 0.564. The van der Waals surface area contributed by atoms with E-state index < -0.39 is 17.2 Å². The van der Waals surface area contributed by atoms with Crippen molar-refractivity contribution in [3.63, 3.8) is 0 Å². The summed E-state index contributed by atoms with van der Waals surface area (Å²) in [6, 6.07) is 15.5. The first-order valence-electron chi connectivity index (χ1n) is 12.5. The second-order valence-electron chi connectivity index (χ2n) is 10.4. The van der Waals surface area contributed by atoms with Gasteiger partial charge in [0.05, 0.1) is 29.2 Å². The van der Waals surface area contributed by atoms with Gasteiger partial charge in [-0.05, 0) is 49.9 Å². The Kier molecular flexibility index (Phi) is 6.24. The molecule has 5 rings (SSSR count). The van der Waals surface area contributed by atoms with E-state index in [1.165, 1.54) is 6.07 Å². The van der Waals surface area contributed by atoms with Gasteiger partial charge in [0.1, 0.15) is 0 Å². The Morgan fingerprint density at radius 3 is 2.53 bits per heavy atom. The number of amides is 1. The first kappa shape index (κ1) is 24.6. The van der Waals surface area contributed by atoms with Crippen LogP contribution in [0.2, 0.25) is 0 Å². The molecule has 3 aliphatic rings. The Hall–Kier alpha value is -3.05. The fourth-order valence-electron chi connectivity index (χ4n) is 6.08. The van der Waals surface area contributed by atoms with Gasteiger partial charge in [-0.2, -0.15) is 18.4 Å². The van der Waals surface area contributed by atoms with Gasteiger partial charge in [-0.3, -0.25) is 4.79 Å². The van der Waals surface area contributed by atoms with E-state index >= 15 is 0 Å². The van der Waals surface area contributed by atoms with Crippen LogP contribution >= 0.6 is 0 Å². The molecule has 0 unspecified atom stereocenters. The van der Waals surface area contributed by atoms with Gasteiger partial charge >= 0.3 is 6.18 Å². The number of nitrogens with zero attached hydrogens (tertiary/aromatic N) is 3. The molecule has 36 heavy (non-hydrogen) atoms. The summed E-state index contributed by atoms with van der Waals surface area (Å²) >= 11 is 0. The van der Waals surface area contributed by atoms with Crippen molar-refractivity contribution in [3.05, 3.63) is 65.2 Å². The van der Waals surface area contributed by atoms with Crippen LogP contribution in [0.15, 0.2) is 48.5 Å². The van der Waals surface area contributed by atoms with Crippen LogP contribution in [0, 0.1) is 22.7 Å². The molecule has 8 heteroatoms. The highest BCUT2D eigenvalue weighted by Crippen LogP contribution is 2.52. The molecule has 0 radical (unpaired) electrons. The Labute approximate surface area is 209 Å². The second-order valence-corrected chi connectivity index (χ2v) is 10.4. The maximum Gasteiger partial charge on any atom is 0.417 e. The molecule has 2 aromatic rings. The molecule has 2 heterocycles. The lowest BCUT2D eigenvalue weighted by Gasteiger charge is -2.44. The fraction of sp³-hybridized carbons (Fsp3) is 0.500. The van der Waals surface area contributed by atoms with E-state index in [1.807, 2.05) is 47.1 Å². The number of hydrogen-bond acceptors (Lipinski definition) is 4. The number of rotatable bonds is 6.